The molecule has 1 saturated heterocycles. The summed E-state index contributed by atoms with van der Waals surface area (Å²) in [5.41, 5.74) is 7.18. The molecule has 122 valence electrons. The summed E-state index contributed by atoms with van der Waals surface area (Å²) in [6.45, 7) is -0.572. The number of pyridine rings is 1. The molecular weight excluding hydrogens is 309 g/mol. The van der Waals surface area contributed by atoms with Crippen LogP contribution in [0.15, 0.2) is 6.07 Å². The minimum atomic E-state index is -4.52. The van der Waals surface area contributed by atoms with Gasteiger partial charge in [0.15, 0.2) is 0 Å². The number of hydrogen-bond donors (Lipinski definition) is 1. The van der Waals surface area contributed by atoms with Gasteiger partial charge in [-0.15, -0.1) is 0 Å². The van der Waals surface area contributed by atoms with Crippen molar-refractivity contribution in [1.82, 2.24) is 4.98 Å². The zero-order chi connectivity index (χ0) is 16.8. The lowest BCUT2D eigenvalue weighted by molar-refractivity contribution is -0.181. The lowest BCUT2D eigenvalue weighted by atomic mass is 9.95. The lowest BCUT2D eigenvalue weighted by Crippen LogP contribution is -2.37. The summed E-state index contributed by atoms with van der Waals surface area (Å²) in [6.07, 6.45) is -2.01. The van der Waals surface area contributed by atoms with Gasteiger partial charge in [0.25, 0.3) is 0 Å². The number of amides is 1. The van der Waals surface area contributed by atoms with Crippen molar-refractivity contribution in [3.05, 3.63) is 22.9 Å². The van der Waals surface area contributed by atoms with Crippen molar-refractivity contribution < 1.29 is 18.0 Å². The first-order valence-corrected chi connectivity index (χ1v) is 7.35. The molecule has 2 aliphatic rings. The van der Waals surface area contributed by atoms with Crippen LogP contribution in [0.4, 0.5) is 19.0 Å². The average molecular weight is 324 g/mol. The minimum absolute atomic E-state index is 0.167. The summed E-state index contributed by atoms with van der Waals surface area (Å²) in [4.78, 5) is 17.2. The number of hydrogen-bond acceptors (Lipinski definition) is 4. The molecule has 1 aliphatic carbocycles. The number of aryl methyl sites for hydroxylation is 2. The summed E-state index contributed by atoms with van der Waals surface area (Å²) in [5, 5.41) is 9.28. The van der Waals surface area contributed by atoms with Crippen LogP contribution in [-0.2, 0) is 17.6 Å². The molecule has 3 rings (SSSR count). The predicted octanol–water partition coefficient (Wildman–Crippen LogP) is 1.54. The predicted molar refractivity (Wildman–Crippen MR) is 75.4 cm³/mol. The van der Waals surface area contributed by atoms with E-state index in [1.165, 1.54) is 4.90 Å². The number of primary amides is 1. The van der Waals surface area contributed by atoms with E-state index in [1.54, 1.807) is 6.07 Å². The molecule has 23 heavy (non-hydrogen) atoms. The molecule has 2 atom stereocenters. The second kappa shape index (κ2) is 5.41. The quantitative estimate of drug-likeness (QED) is 0.894. The minimum Gasteiger partial charge on any atom is -0.369 e. The fraction of sp³-hybridized carbons (Fsp3) is 0.533. The number of nitrogens with two attached hydrogens (primary N) is 1. The van der Waals surface area contributed by atoms with Gasteiger partial charge in [-0.2, -0.15) is 18.4 Å². The number of carbonyl (C=O) groups is 1. The van der Waals surface area contributed by atoms with Gasteiger partial charge in [-0.25, -0.2) is 4.98 Å². The Hall–Kier alpha value is -2.30. The first-order chi connectivity index (χ1) is 10.8. The highest BCUT2D eigenvalue weighted by Crippen LogP contribution is 2.40. The molecule has 8 heteroatoms. The number of nitriles is 1. The van der Waals surface area contributed by atoms with Crippen LogP contribution < -0.4 is 10.6 Å². The molecule has 2 heterocycles. The second-order valence-corrected chi connectivity index (χ2v) is 5.99. The Morgan fingerprint density at radius 3 is 2.70 bits per heavy atom. The van der Waals surface area contributed by atoms with Crippen LogP contribution in [0, 0.1) is 23.2 Å². The van der Waals surface area contributed by atoms with E-state index in [0.717, 1.165) is 30.5 Å². The van der Waals surface area contributed by atoms with Crippen LogP contribution in [0.25, 0.3) is 0 Å². The Kier molecular flexibility index (Phi) is 3.66. The first-order valence-electron chi connectivity index (χ1n) is 7.35. The van der Waals surface area contributed by atoms with Crippen molar-refractivity contribution in [2.75, 3.05) is 18.0 Å². The van der Waals surface area contributed by atoms with E-state index < -0.39 is 30.5 Å². The highest BCUT2D eigenvalue weighted by atomic mass is 19.4. The highest BCUT2D eigenvalue weighted by molar-refractivity contribution is 5.79. The third-order valence-corrected chi connectivity index (χ3v) is 4.56. The number of alkyl halides is 3. The average Bonchev–Trinajstić information content (AvgIpc) is 3.11. The molecule has 0 aromatic carbocycles. The molecule has 1 amide bonds. The fourth-order valence-electron chi connectivity index (χ4n) is 3.38. The third kappa shape index (κ3) is 2.71. The van der Waals surface area contributed by atoms with Crippen LogP contribution in [-0.4, -0.2) is 30.2 Å². The van der Waals surface area contributed by atoms with Gasteiger partial charge in [0.2, 0.25) is 5.91 Å². The molecule has 1 aromatic heterocycles. The zero-order valence-electron chi connectivity index (χ0n) is 12.2. The van der Waals surface area contributed by atoms with Gasteiger partial charge < -0.3 is 10.6 Å². The van der Waals surface area contributed by atoms with Crippen LogP contribution in [0.5, 0.6) is 0 Å². The molecule has 1 aromatic rings. The Morgan fingerprint density at radius 1 is 1.39 bits per heavy atom. The maximum absolute atomic E-state index is 13.1. The molecule has 0 saturated carbocycles. The fourth-order valence-corrected chi connectivity index (χ4v) is 3.38. The molecule has 1 fully saturated rings. The topological polar surface area (TPSA) is 83.0 Å². The van der Waals surface area contributed by atoms with E-state index in [2.05, 4.69) is 4.98 Å². The van der Waals surface area contributed by atoms with Crippen LogP contribution in [0.1, 0.15) is 23.2 Å². The van der Waals surface area contributed by atoms with Gasteiger partial charge in [-0.3, -0.25) is 4.79 Å². The number of aromatic nitrogens is 1. The maximum atomic E-state index is 13.1. The molecule has 0 unspecified atom stereocenters. The zero-order valence-corrected chi connectivity index (χ0v) is 12.2. The van der Waals surface area contributed by atoms with Crippen molar-refractivity contribution in [3.63, 3.8) is 0 Å². The van der Waals surface area contributed by atoms with Crippen molar-refractivity contribution >= 4 is 11.7 Å². The van der Waals surface area contributed by atoms with Crippen LogP contribution >= 0.6 is 0 Å². The Bertz CT molecular complexity index is 695. The largest absolute Gasteiger partial charge is 0.394 e. The van der Waals surface area contributed by atoms with Gasteiger partial charge >= 0.3 is 6.18 Å². The SMILES string of the molecule is N#Cc1cc2c(nc1N1C[C@@H](C(F)(F)F)[C@H](C(N)=O)C1)CCC2. The number of rotatable bonds is 2. The normalized spacial score (nSPS) is 23.7. The number of carbonyl (C=O) groups excluding carboxylic acids is 1. The smallest absolute Gasteiger partial charge is 0.369 e. The van der Waals surface area contributed by atoms with E-state index in [-0.39, 0.29) is 17.9 Å². The summed E-state index contributed by atoms with van der Waals surface area (Å²) in [5.74, 6) is -3.90. The molecule has 2 N–H and O–H groups in total. The molecule has 0 spiro atoms. The standard InChI is InChI=1S/C15H15F3N4O/c16-15(17,18)11-7-22(6-10(11)13(20)23)14-9(5-19)4-8-2-1-3-12(8)21-14/h4,10-11H,1-3,6-7H2,(H2,20,23)/t10-,11-/m1/s1. The Morgan fingerprint density at radius 2 is 2.13 bits per heavy atom. The summed E-state index contributed by atoms with van der Waals surface area (Å²) >= 11 is 0. The van der Waals surface area contributed by atoms with Crippen molar-refractivity contribution in [2.45, 2.75) is 25.4 Å². The van der Waals surface area contributed by atoms with E-state index in [9.17, 15) is 23.2 Å². The van der Waals surface area contributed by atoms with Gasteiger partial charge in [0.1, 0.15) is 11.9 Å². The Balaban J connectivity index is 1.97. The van der Waals surface area contributed by atoms with Gasteiger partial charge in [0.05, 0.1) is 17.4 Å². The van der Waals surface area contributed by atoms with Gasteiger partial charge in [-0.1, -0.05) is 0 Å². The lowest BCUT2D eigenvalue weighted by Gasteiger charge is -2.20. The van der Waals surface area contributed by atoms with Gasteiger partial charge in [0, 0.05) is 18.8 Å². The second-order valence-electron chi connectivity index (χ2n) is 5.99. The molecule has 1 aliphatic heterocycles. The number of nitrogens with zero attached hydrogens (tertiary/aromatic N) is 3. The maximum Gasteiger partial charge on any atom is 0.394 e. The van der Waals surface area contributed by atoms with Crippen molar-refractivity contribution in [2.24, 2.45) is 17.6 Å². The monoisotopic (exact) mass is 324 g/mol. The van der Waals surface area contributed by atoms with E-state index in [4.69, 9.17) is 5.73 Å². The van der Waals surface area contributed by atoms with Crippen LogP contribution in [0.3, 0.4) is 0 Å². The molecule has 0 bridgehead atoms. The van der Waals surface area contributed by atoms with Crippen molar-refractivity contribution in [3.8, 4) is 6.07 Å². The van der Waals surface area contributed by atoms with Crippen molar-refractivity contribution in [1.29, 1.82) is 5.26 Å². The highest BCUT2D eigenvalue weighted by Gasteiger charge is 2.52. The molecule has 5 nitrogen and oxygen atoms in total. The first kappa shape index (κ1) is 15.6. The third-order valence-electron chi connectivity index (χ3n) is 4.56. The summed E-state index contributed by atoms with van der Waals surface area (Å²) in [6, 6.07) is 3.70. The Labute approximate surface area is 130 Å². The van der Waals surface area contributed by atoms with E-state index in [0.29, 0.717) is 0 Å². The number of anilines is 1. The van der Waals surface area contributed by atoms with E-state index >= 15 is 0 Å². The van der Waals surface area contributed by atoms with Gasteiger partial charge in [-0.05, 0) is 30.9 Å². The van der Waals surface area contributed by atoms with Crippen LogP contribution in [0.2, 0.25) is 0 Å². The number of fused-ring (bicyclic) bond motifs is 1. The molecular formula is C15H15F3N4O. The summed E-state index contributed by atoms with van der Waals surface area (Å²) < 4.78 is 39.4. The van der Waals surface area contributed by atoms with E-state index in [1.807, 2.05) is 6.07 Å². The molecule has 0 radical (unpaired) electrons. The summed E-state index contributed by atoms with van der Waals surface area (Å²) in [7, 11) is 0. The number of halogens is 3.